The number of hydrogen-bond donors (Lipinski definition) is 0. The predicted molar refractivity (Wildman–Crippen MR) is 149 cm³/mol. The van der Waals surface area contributed by atoms with Crippen molar-refractivity contribution in [3.8, 4) is 11.6 Å². The summed E-state index contributed by atoms with van der Waals surface area (Å²) in [6.45, 7) is 7.58. The summed E-state index contributed by atoms with van der Waals surface area (Å²) < 4.78 is 52.4. The summed E-state index contributed by atoms with van der Waals surface area (Å²) in [7, 11) is 3.08. The third-order valence-electron chi connectivity index (χ3n) is 7.30. The fraction of sp³-hybridized carbons (Fsp3) is 0.429. The second kappa shape index (κ2) is 10.6. The first-order valence-corrected chi connectivity index (χ1v) is 13.8. The Bertz CT molecular complexity index is 1350. The van der Waals surface area contributed by atoms with E-state index in [0.29, 0.717) is 42.8 Å². The van der Waals surface area contributed by atoms with Gasteiger partial charge in [0.25, 0.3) is 0 Å². The molecule has 0 amide bonds. The number of anilines is 2. The van der Waals surface area contributed by atoms with E-state index in [0.717, 1.165) is 22.3 Å². The number of rotatable bonds is 5. The summed E-state index contributed by atoms with van der Waals surface area (Å²) in [6, 6.07) is 9.49. The third-order valence-corrected chi connectivity index (χ3v) is 8.31. The molecule has 11 heteroatoms. The van der Waals surface area contributed by atoms with Gasteiger partial charge in [0, 0.05) is 43.1 Å². The number of benzene rings is 1. The van der Waals surface area contributed by atoms with Crippen molar-refractivity contribution in [3.63, 3.8) is 0 Å². The molecule has 0 radical (unpaired) electrons. The Morgan fingerprint density at radius 3 is 2.41 bits per heavy atom. The fourth-order valence-electron chi connectivity index (χ4n) is 5.66. The molecule has 0 N–H and O–H groups in total. The van der Waals surface area contributed by atoms with Gasteiger partial charge < -0.3 is 24.2 Å². The lowest BCUT2D eigenvalue weighted by Gasteiger charge is -2.49. The monoisotopic (exact) mass is 559 g/mol. The van der Waals surface area contributed by atoms with E-state index >= 15 is 0 Å². The average molecular weight is 560 g/mol. The van der Waals surface area contributed by atoms with Gasteiger partial charge in [-0.15, -0.1) is 11.3 Å². The van der Waals surface area contributed by atoms with Crippen LogP contribution in [0.25, 0.3) is 0 Å². The molecule has 3 atom stereocenters. The van der Waals surface area contributed by atoms with E-state index in [4.69, 9.17) is 14.5 Å². The van der Waals surface area contributed by atoms with Crippen LogP contribution in [0, 0.1) is 0 Å². The number of guanidine groups is 1. The fourth-order valence-corrected chi connectivity index (χ4v) is 6.67. The van der Waals surface area contributed by atoms with Crippen LogP contribution in [-0.4, -0.2) is 55.2 Å². The summed E-state index contributed by atoms with van der Waals surface area (Å²) in [6.07, 6.45) is -2.06. The van der Waals surface area contributed by atoms with Crippen molar-refractivity contribution in [2.24, 2.45) is 4.99 Å². The highest BCUT2D eigenvalue weighted by Gasteiger charge is 2.40. The smallest absolute Gasteiger partial charge is 0.416 e. The SMILES string of the molecule is CC[C@H]1c2sccc2N=C(N2C[C@@H](C)N(c3ccnc(OC)c3)[C@@H](C)C2)N1c1cc(C(F)(F)F)ccc1OC. The van der Waals surface area contributed by atoms with Gasteiger partial charge in [-0.3, -0.25) is 0 Å². The number of nitrogens with zero attached hydrogens (tertiary/aromatic N) is 5. The van der Waals surface area contributed by atoms with Gasteiger partial charge in [0.05, 0.1) is 42.1 Å². The number of thiophene rings is 1. The Balaban J connectivity index is 1.57. The number of hydrogen-bond acceptors (Lipinski definition) is 8. The normalized spacial score (nSPS) is 21.5. The summed E-state index contributed by atoms with van der Waals surface area (Å²) >= 11 is 1.57. The van der Waals surface area contributed by atoms with E-state index in [9.17, 15) is 13.2 Å². The molecule has 1 fully saturated rings. The molecular weight excluding hydrogens is 527 g/mol. The summed E-state index contributed by atoms with van der Waals surface area (Å²) in [5.74, 6) is 1.55. The van der Waals surface area contributed by atoms with Gasteiger partial charge in [-0.05, 0) is 56.0 Å². The molecule has 2 aliphatic rings. The molecule has 0 aliphatic carbocycles. The Kier molecular flexibility index (Phi) is 7.37. The maximum atomic E-state index is 13.8. The molecule has 0 saturated carbocycles. The van der Waals surface area contributed by atoms with E-state index in [2.05, 4.69) is 28.6 Å². The largest absolute Gasteiger partial charge is 0.495 e. The zero-order valence-electron chi connectivity index (χ0n) is 22.6. The highest BCUT2D eigenvalue weighted by molar-refractivity contribution is 7.10. The predicted octanol–water partition coefficient (Wildman–Crippen LogP) is 6.74. The Morgan fingerprint density at radius 1 is 1.03 bits per heavy atom. The number of pyridine rings is 1. The average Bonchev–Trinajstić information content (AvgIpc) is 3.39. The van der Waals surface area contributed by atoms with E-state index < -0.39 is 11.7 Å². The van der Waals surface area contributed by atoms with Gasteiger partial charge >= 0.3 is 6.18 Å². The molecule has 7 nitrogen and oxygen atoms in total. The number of aliphatic imine (C=N–C) groups is 1. The number of aromatic nitrogens is 1. The number of ether oxygens (including phenoxy) is 2. The van der Waals surface area contributed by atoms with Gasteiger partial charge in [-0.2, -0.15) is 13.2 Å². The molecule has 2 aliphatic heterocycles. The number of fused-ring (bicyclic) bond motifs is 1. The second-order valence-corrected chi connectivity index (χ2v) is 10.8. The minimum atomic E-state index is -4.48. The standard InChI is InChI=1S/C28H32F3N5O2S/c1-6-22-26-21(10-12-39-26)33-27(36(22)23-13-19(28(29,30)31)7-8-24(23)37-4)34-15-17(2)35(18(3)16-34)20-9-11-32-25(14-20)38-5/h7-14,17-18,22H,6,15-16H2,1-5H3/t17-,18+,22-/m0/s1. The van der Waals surface area contributed by atoms with Crippen molar-refractivity contribution in [3.05, 3.63) is 58.4 Å². The lowest BCUT2D eigenvalue weighted by Crippen LogP contribution is -2.61. The van der Waals surface area contributed by atoms with Crippen LogP contribution in [-0.2, 0) is 6.18 Å². The third kappa shape index (κ3) is 4.99. The molecule has 0 spiro atoms. The minimum absolute atomic E-state index is 0.0813. The van der Waals surface area contributed by atoms with Crippen LogP contribution in [0.5, 0.6) is 11.6 Å². The second-order valence-electron chi connectivity index (χ2n) is 9.83. The van der Waals surface area contributed by atoms with E-state index in [1.807, 2.05) is 35.4 Å². The summed E-state index contributed by atoms with van der Waals surface area (Å²) in [5.41, 5.74) is 1.52. The first-order valence-electron chi connectivity index (χ1n) is 12.9. The van der Waals surface area contributed by atoms with Gasteiger partial charge in [-0.25, -0.2) is 9.98 Å². The molecular formula is C28H32F3N5O2S. The van der Waals surface area contributed by atoms with Crippen LogP contribution in [0.15, 0.2) is 53.0 Å². The topological polar surface area (TPSA) is 53.4 Å². The number of piperazine rings is 1. The molecule has 3 aromatic rings. The van der Waals surface area contributed by atoms with Crippen molar-refractivity contribution in [2.75, 3.05) is 37.1 Å². The van der Waals surface area contributed by atoms with Crippen LogP contribution in [0.1, 0.15) is 43.7 Å². The lowest BCUT2D eigenvalue weighted by molar-refractivity contribution is -0.137. The molecule has 1 aromatic carbocycles. The van der Waals surface area contributed by atoms with Crippen molar-refractivity contribution >= 4 is 34.4 Å². The van der Waals surface area contributed by atoms with Crippen LogP contribution in [0.2, 0.25) is 0 Å². The van der Waals surface area contributed by atoms with Crippen molar-refractivity contribution in [2.45, 2.75) is 51.5 Å². The zero-order chi connectivity index (χ0) is 27.9. The van der Waals surface area contributed by atoms with Gasteiger partial charge in [0.2, 0.25) is 11.8 Å². The Hall–Kier alpha value is -3.47. The van der Waals surface area contributed by atoms with Crippen molar-refractivity contribution in [1.82, 2.24) is 9.88 Å². The number of halogens is 3. The van der Waals surface area contributed by atoms with E-state index in [-0.39, 0.29) is 18.1 Å². The Morgan fingerprint density at radius 2 is 1.77 bits per heavy atom. The van der Waals surface area contributed by atoms with Crippen LogP contribution in [0.3, 0.4) is 0 Å². The highest BCUT2D eigenvalue weighted by Crippen LogP contribution is 2.47. The molecule has 1 saturated heterocycles. The maximum absolute atomic E-state index is 13.8. The minimum Gasteiger partial charge on any atom is -0.495 e. The molecule has 5 rings (SSSR count). The van der Waals surface area contributed by atoms with Crippen LogP contribution < -0.4 is 19.3 Å². The lowest BCUT2D eigenvalue weighted by atomic mass is 10.0. The molecule has 208 valence electrons. The number of methoxy groups -OCH3 is 2. The van der Waals surface area contributed by atoms with E-state index in [1.165, 1.54) is 19.2 Å². The molecule has 0 unspecified atom stereocenters. The van der Waals surface area contributed by atoms with Crippen molar-refractivity contribution < 1.29 is 22.6 Å². The maximum Gasteiger partial charge on any atom is 0.416 e. The van der Waals surface area contributed by atoms with Crippen molar-refractivity contribution in [1.29, 1.82) is 0 Å². The zero-order valence-corrected chi connectivity index (χ0v) is 23.4. The molecule has 39 heavy (non-hydrogen) atoms. The molecule has 4 heterocycles. The quantitative estimate of drug-likeness (QED) is 0.345. The highest BCUT2D eigenvalue weighted by atomic mass is 32.1. The molecule has 0 bridgehead atoms. The Labute approximate surface area is 230 Å². The molecule has 2 aromatic heterocycles. The number of alkyl halides is 3. The van der Waals surface area contributed by atoms with Gasteiger partial charge in [0.15, 0.2) is 0 Å². The first kappa shape index (κ1) is 27.1. The first-order chi connectivity index (χ1) is 18.7. The van der Waals surface area contributed by atoms with Crippen LogP contribution >= 0.6 is 11.3 Å². The summed E-state index contributed by atoms with van der Waals surface area (Å²) in [4.78, 5) is 16.8. The van der Waals surface area contributed by atoms with Gasteiger partial charge in [-0.1, -0.05) is 6.92 Å². The van der Waals surface area contributed by atoms with Gasteiger partial charge in [0.1, 0.15) is 5.75 Å². The summed E-state index contributed by atoms with van der Waals surface area (Å²) in [5, 5.41) is 1.99. The van der Waals surface area contributed by atoms with E-state index in [1.54, 1.807) is 24.6 Å². The van der Waals surface area contributed by atoms with Crippen LogP contribution in [0.4, 0.5) is 30.2 Å².